The highest BCUT2D eigenvalue weighted by molar-refractivity contribution is 14.2. The molecule has 0 aliphatic carbocycles. The van der Waals surface area contributed by atoms with E-state index in [1.54, 1.807) is 22.0 Å². The van der Waals surface area contributed by atoms with Crippen molar-refractivity contribution in [2.75, 3.05) is 32.6 Å². The molecule has 0 rings (SSSR count). The molecule has 0 aliphatic heterocycles. The van der Waals surface area contributed by atoms with E-state index < -0.39 is 84.7 Å². The topological polar surface area (TPSA) is 142 Å². The molecule has 1 N–H and O–H groups in total. The number of ether oxygens (including phenoxy) is 4. The van der Waals surface area contributed by atoms with E-state index in [4.69, 9.17) is 34.1 Å². The lowest BCUT2D eigenvalue weighted by atomic mass is 9.92. The Hall–Kier alpha value is -0.720. The number of carbonyl (C=O) groups excluding carboxylic acids is 4. The van der Waals surface area contributed by atoms with Crippen molar-refractivity contribution in [3.05, 3.63) is 25.3 Å². The van der Waals surface area contributed by atoms with Crippen LogP contribution in [0.5, 0.6) is 0 Å². The summed E-state index contributed by atoms with van der Waals surface area (Å²) >= 11 is 3.74. The van der Waals surface area contributed by atoms with Crippen LogP contribution in [0.3, 0.4) is 0 Å². The molecule has 10 nitrogen and oxygen atoms in total. The normalized spacial score (nSPS) is 13.5. The van der Waals surface area contributed by atoms with Gasteiger partial charge in [-0.2, -0.15) is 0 Å². The average molecular weight is 736 g/mol. The minimum absolute atomic E-state index is 0.0237. The molecular weight excluding hydrogens is 714 g/mol. The molecule has 0 aromatic heterocycles. The molecule has 3 atom stereocenters. The van der Waals surface area contributed by atoms with Gasteiger partial charge in [-0.1, -0.05) is 68.1 Å². The first-order valence-electron chi connectivity index (χ1n) is 9.36. The van der Waals surface area contributed by atoms with Crippen molar-refractivity contribution in [2.24, 2.45) is 5.41 Å². The second-order valence-corrected chi connectivity index (χ2v) is 16.3. The quantitative estimate of drug-likeness (QED) is 0.0592. The molecule has 0 amide bonds. The van der Waals surface area contributed by atoms with E-state index in [-0.39, 0.29) is 6.42 Å². The van der Waals surface area contributed by atoms with Gasteiger partial charge in [-0.25, -0.2) is 9.59 Å². The van der Waals surface area contributed by atoms with Crippen LogP contribution in [0.15, 0.2) is 25.3 Å². The Balaban J connectivity index is 5.61. The number of hydrogen-bond donors (Lipinski definition) is 1. The predicted octanol–water partition coefficient (Wildman–Crippen LogP) is 2.58. The van der Waals surface area contributed by atoms with Gasteiger partial charge in [0.1, 0.15) is 47.0 Å². The van der Waals surface area contributed by atoms with Gasteiger partial charge in [0.25, 0.3) is 0 Å². The van der Waals surface area contributed by atoms with Crippen LogP contribution < -0.4 is 0 Å². The summed E-state index contributed by atoms with van der Waals surface area (Å²) in [5.41, 5.74) is -5.00. The first kappa shape index (κ1) is 33.3. The third-order valence-corrected chi connectivity index (χ3v) is 9.04. The number of halogens is 2. The molecule has 3 unspecified atom stereocenters. The Labute approximate surface area is 228 Å². The van der Waals surface area contributed by atoms with Crippen LogP contribution in [0, 0.1) is 5.41 Å². The maximum atomic E-state index is 12.3. The van der Waals surface area contributed by atoms with Gasteiger partial charge in [0.2, 0.25) is 0 Å². The summed E-state index contributed by atoms with van der Waals surface area (Å²) in [6.07, 6.45) is 1.71. The van der Waals surface area contributed by atoms with Gasteiger partial charge in [-0.15, -0.1) is 0 Å². The van der Waals surface area contributed by atoms with Crippen molar-refractivity contribution in [1.82, 2.24) is 0 Å². The number of aliphatic carboxylic acids is 1. The Kier molecular flexibility index (Phi) is 17.3. The fraction of sp³-hybridized carbons (Fsp3) is 0.500. The molecule has 0 bridgehead atoms. The summed E-state index contributed by atoms with van der Waals surface area (Å²) < 4.78 is 20.6. The van der Waals surface area contributed by atoms with Crippen molar-refractivity contribution in [1.29, 1.82) is 0 Å². The van der Waals surface area contributed by atoms with E-state index in [2.05, 4.69) is 13.2 Å². The highest BCUT2D eigenvalue weighted by Gasteiger charge is 2.38. The molecule has 4 radical (unpaired) electrons. The molecule has 0 saturated carbocycles. The Morgan fingerprint density at radius 3 is 1.71 bits per heavy atom. The molecule has 34 heavy (non-hydrogen) atoms. The summed E-state index contributed by atoms with van der Waals surface area (Å²) in [5.74, 6) is -4.41. The van der Waals surface area contributed by atoms with E-state index in [1.165, 1.54) is 0 Å². The first-order valence-corrected chi connectivity index (χ1v) is 18.0. The van der Waals surface area contributed by atoms with Gasteiger partial charge in [0.15, 0.2) is 0 Å². The molecule has 0 aromatic rings. The van der Waals surface area contributed by atoms with Crippen LogP contribution in [0.2, 0.25) is 0 Å². The SMILES string of the molecule is [B]P(I)CCC(=O)OCC(COC(=O)C=C)(COC(=O)C=C)COC(=O)CC(C(=O)O)P([B])I. The lowest BCUT2D eigenvalue weighted by Gasteiger charge is -2.31. The van der Waals surface area contributed by atoms with Gasteiger partial charge in [0.05, 0.1) is 12.1 Å². The summed E-state index contributed by atoms with van der Waals surface area (Å²) in [4.78, 5) is 59.0. The molecule has 0 aliphatic rings. The molecule has 0 saturated heterocycles. The van der Waals surface area contributed by atoms with Crippen molar-refractivity contribution >= 4 is 99.9 Å². The van der Waals surface area contributed by atoms with E-state index in [9.17, 15) is 29.1 Å². The summed E-state index contributed by atoms with van der Waals surface area (Å²) in [7, 11) is 11.3. The van der Waals surface area contributed by atoms with Gasteiger partial charge >= 0.3 is 29.8 Å². The standard InChI is InChI=1S/C18H22B2I2O10P2/c1-3-13(23)29-8-18(9-30-14(24)4-2,10-31-15(25)5-6-33(19)21)11-32-16(26)7-12(17(27)28)34(20)22/h3-4,12H,1-2,5-11H2,(H,27,28). The summed E-state index contributed by atoms with van der Waals surface area (Å²) in [6.45, 7) is 4.64. The van der Waals surface area contributed by atoms with Crippen molar-refractivity contribution in [2.45, 2.75) is 18.5 Å². The molecule has 16 heteroatoms. The van der Waals surface area contributed by atoms with E-state index in [0.29, 0.717) is 6.16 Å². The van der Waals surface area contributed by atoms with Gasteiger partial charge in [0, 0.05) is 18.6 Å². The lowest BCUT2D eigenvalue weighted by molar-refractivity contribution is -0.168. The highest BCUT2D eigenvalue weighted by Crippen LogP contribution is 2.46. The molecule has 0 aromatic carbocycles. The zero-order chi connectivity index (χ0) is 26.3. The predicted molar refractivity (Wildman–Crippen MR) is 146 cm³/mol. The zero-order valence-electron chi connectivity index (χ0n) is 18.0. The minimum Gasteiger partial charge on any atom is -0.481 e. The fourth-order valence-electron chi connectivity index (χ4n) is 2.05. The molecule has 184 valence electrons. The van der Waals surface area contributed by atoms with E-state index >= 15 is 0 Å². The van der Waals surface area contributed by atoms with Crippen LogP contribution >= 0.6 is 55.0 Å². The summed E-state index contributed by atoms with van der Waals surface area (Å²) in [6, 6.07) is 0. The van der Waals surface area contributed by atoms with Crippen LogP contribution in [0.25, 0.3) is 0 Å². The van der Waals surface area contributed by atoms with E-state index in [0.717, 1.165) is 12.2 Å². The minimum atomic E-state index is -1.50. The Morgan fingerprint density at radius 2 is 1.32 bits per heavy atom. The first-order chi connectivity index (χ1) is 15.9. The number of esters is 4. The summed E-state index contributed by atoms with van der Waals surface area (Å²) in [5, 5.41) is 9.22. The van der Waals surface area contributed by atoms with Crippen LogP contribution in [-0.4, -0.2) is 88.3 Å². The number of carboxylic acids is 1. The monoisotopic (exact) mass is 736 g/mol. The zero-order valence-corrected chi connectivity index (χ0v) is 24.1. The largest absolute Gasteiger partial charge is 0.481 e. The van der Waals surface area contributed by atoms with Crippen LogP contribution in [0.1, 0.15) is 12.8 Å². The Morgan fingerprint density at radius 1 is 0.882 bits per heavy atom. The van der Waals surface area contributed by atoms with Crippen molar-refractivity contribution in [3.8, 4) is 0 Å². The number of rotatable bonds is 17. The number of carboxylic acid groups (broad SMARTS) is 1. The second kappa shape index (κ2) is 17.7. The fourth-order valence-corrected chi connectivity index (χ4v) is 5.01. The van der Waals surface area contributed by atoms with Gasteiger partial charge in [-0.05, 0) is 6.16 Å². The smallest absolute Gasteiger partial charge is 0.330 e. The van der Waals surface area contributed by atoms with Gasteiger partial charge < -0.3 is 24.1 Å². The third kappa shape index (κ3) is 14.6. The number of carbonyl (C=O) groups is 5. The van der Waals surface area contributed by atoms with Crippen molar-refractivity contribution < 1.29 is 48.0 Å². The average Bonchev–Trinajstić information content (AvgIpc) is 2.79. The maximum absolute atomic E-state index is 12.3. The number of hydrogen-bond acceptors (Lipinski definition) is 9. The lowest BCUT2D eigenvalue weighted by Crippen LogP contribution is -2.44. The van der Waals surface area contributed by atoms with Crippen LogP contribution in [-0.2, 0) is 42.9 Å². The van der Waals surface area contributed by atoms with E-state index in [1.807, 2.05) is 22.0 Å². The van der Waals surface area contributed by atoms with Gasteiger partial charge in [-0.3, -0.25) is 14.4 Å². The third-order valence-electron chi connectivity index (χ3n) is 3.93. The molecule has 0 fully saturated rings. The Bertz CT molecular complexity index is 743. The maximum Gasteiger partial charge on any atom is 0.330 e. The van der Waals surface area contributed by atoms with Crippen molar-refractivity contribution in [3.63, 3.8) is 0 Å². The molecular formula is C18H22B2I2O10P2. The second-order valence-electron chi connectivity index (χ2n) is 6.72. The molecule has 0 spiro atoms. The molecule has 0 heterocycles. The highest BCUT2D eigenvalue weighted by atomic mass is 127. The van der Waals surface area contributed by atoms with Crippen LogP contribution in [0.4, 0.5) is 0 Å².